The molecule has 2 atom stereocenters. The number of hydrogen-bond acceptors (Lipinski definition) is 5. The Labute approximate surface area is 211 Å². The molecule has 4 rings (SSSR count). The molecule has 2 aliphatic carbocycles. The van der Waals surface area contributed by atoms with Gasteiger partial charge in [0.05, 0.1) is 0 Å². The quantitative estimate of drug-likeness (QED) is 0.229. The van der Waals surface area contributed by atoms with E-state index in [0.717, 1.165) is 17.3 Å². The van der Waals surface area contributed by atoms with Crippen LogP contribution in [-0.4, -0.2) is 45.0 Å². The molecule has 0 amide bonds. The van der Waals surface area contributed by atoms with Crippen molar-refractivity contribution in [1.29, 1.82) is 0 Å². The van der Waals surface area contributed by atoms with Crippen LogP contribution in [0, 0.1) is 0 Å². The minimum Gasteiger partial charge on any atom is -0.179 e. The maximum absolute atomic E-state index is 5.50. The second-order valence-electron chi connectivity index (χ2n) is 7.92. The van der Waals surface area contributed by atoms with Gasteiger partial charge >= 0.3 is 0 Å². The molecule has 0 saturated heterocycles. The van der Waals surface area contributed by atoms with Crippen LogP contribution in [0.5, 0.6) is 0 Å². The van der Waals surface area contributed by atoms with Crippen LogP contribution in [0.4, 0.5) is 0 Å². The third-order valence-corrected chi connectivity index (χ3v) is 11.1. The summed E-state index contributed by atoms with van der Waals surface area (Å²) >= 11 is 15.9. The minimum absolute atomic E-state index is 0.149. The Morgan fingerprint density at radius 2 is 1.16 bits per heavy atom. The van der Waals surface area contributed by atoms with E-state index in [0.29, 0.717) is 11.8 Å². The maximum atomic E-state index is 5.50. The number of hydrogen-bond donors (Lipinski definition) is 2. The van der Waals surface area contributed by atoms with Crippen LogP contribution < -0.4 is 0 Å². The van der Waals surface area contributed by atoms with Crippen molar-refractivity contribution in [3.05, 3.63) is 82.9 Å². The van der Waals surface area contributed by atoms with Gasteiger partial charge in [0, 0.05) is 51.1 Å². The summed E-state index contributed by atoms with van der Waals surface area (Å²) in [6.45, 7) is 0. The summed E-state index contributed by atoms with van der Waals surface area (Å²) in [6.07, 6.45) is 9.36. The molecule has 0 aromatic heterocycles. The van der Waals surface area contributed by atoms with Crippen LogP contribution in [0.2, 0.25) is 0 Å². The van der Waals surface area contributed by atoms with Gasteiger partial charge in [-0.2, -0.15) is 60.5 Å². The Kier molecular flexibility index (Phi) is 8.98. The van der Waals surface area contributed by atoms with E-state index in [2.05, 4.69) is 109 Å². The van der Waals surface area contributed by atoms with Crippen molar-refractivity contribution in [2.45, 2.75) is 16.6 Å². The molecule has 0 nitrogen and oxygen atoms in total. The standard InChI is InChI=1S/C26H30S5/c27-13-14-29-15-16-30-17-18-31-19-26(28,24-11-9-20-5-1-3-7-22(20)24)25-12-10-21-6-2-4-8-23(21)25/h1-12,24-25,27-28H,13-19H2. The van der Waals surface area contributed by atoms with Crippen molar-refractivity contribution in [2.75, 3.05) is 40.3 Å². The summed E-state index contributed by atoms with van der Waals surface area (Å²) in [4.78, 5) is 0. The van der Waals surface area contributed by atoms with Crippen LogP contribution >= 0.6 is 60.5 Å². The molecular weight excluding hydrogens is 473 g/mol. The SMILES string of the molecule is SCCSCCSCCSCC(S)(C1C=Cc2ccccc21)C1C=Cc2ccccc21. The van der Waals surface area contributed by atoms with Crippen LogP contribution in [0.25, 0.3) is 12.2 Å². The second kappa shape index (κ2) is 11.7. The van der Waals surface area contributed by atoms with Crippen molar-refractivity contribution >= 4 is 72.7 Å². The molecule has 2 aromatic rings. The molecule has 0 bridgehead atoms. The molecule has 0 spiro atoms. The summed E-state index contributed by atoms with van der Waals surface area (Å²) in [7, 11) is 0. The maximum Gasteiger partial charge on any atom is 0.0426 e. The molecule has 5 heteroatoms. The zero-order valence-corrected chi connectivity index (χ0v) is 21.9. The highest BCUT2D eigenvalue weighted by Gasteiger charge is 2.45. The molecule has 2 unspecified atom stereocenters. The van der Waals surface area contributed by atoms with Gasteiger partial charge in [-0.05, 0) is 28.0 Å². The third-order valence-electron chi connectivity index (χ3n) is 5.99. The lowest BCUT2D eigenvalue weighted by molar-refractivity contribution is 0.548. The molecule has 0 aliphatic heterocycles. The molecule has 2 aliphatic rings. The fraction of sp³-hybridized carbons (Fsp3) is 0.385. The first-order valence-electron chi connectivity index (χ1n) is 10.8. The molecule has 0 heterocycles. The zero-order valence-electron chi connectivity index (χ0n) is 17.7. The number of benzene rings is 2. The van der Waals surface area contributed by atoms with Crippen molar-refractivity contribution in [1.82, 2.24) is 0 Å². The largest absolute Gasteiger partial charge is 0.179 e. The minimum atomic E-state index is -0.149. The molecular formula is C26H30S5. The lowest BCUT2D eigenvalue weighted by Crippen LogP contribution is -2.38. The summed E-state index contributed by atoms with van der Waals surface area (Å²) in [6, 6.07) is 17.6. The van der Waals surface area contributed by atoms with Gasteiger partial charge in [-0.25, -0.2) is 0 Å². The monoisotopic (exact) mass is 502 g/mol. The lowest BCUT2D eigenvalue weighted by Gasteiger charge is -2.39. The molecule has 31 heavy (non-hydrogen) atoms. The predicted molar refractivity (Wildman–Crippen MR) is 154 cm³/mol. The fourth-order valence-corrected chi connectivity index (χ4v) is 8.85. The number of fused-ring (bicyclic) bond motifs is 2. The van der Waals surface area contributed by atoms with Gasteiger partial charge in [0.15, 0.2) is 0 Å². The molecule has 2 aromatic carbocycles. The molecule has 0 saturated carbocycles. The van der Waals surface area contributed by atoms with Gasteiger partial charge in [0.2, 0.25) is 0 Å². The summed E-state index contributed by atoms with van der Waals surface area (Å²) in [5, 5.41) is 0. The van der Waals surface area contributed by atoms with Gasteiger partial charge in [-0.15, -0.1) is 0 Å². The van der Waals surface area contributed by atoms with Gasteiger partial charge in [-0.1, -0.05) is 72.8 Å². The Bertz CT molecular complexity index is 858. The first kappa shape index (κ1) is 23.8. The first-order chi connectivity index (χ1) is 15.2. The topological polar surface area (TPSA) is 0 Å². The van der Waals surface area contributed by atoms with E-state index in [9.17, 15) is 0 Å². The molecule has 164 valence electrons. The average Bonchev–Trinajstić information content (AvgIpc) is 3.43. The normalized spacial score (nSPS) is 20.6. The van der Waals surface area contributed by atoms with Crippen molar-refractivity contribution in [3.63, 3.8) is 0 Å². The average molecular weight is 503 g/mol. The van der Waals surface area contributed by atoms with E-state index < -0.39 is 0 Å². The van der Waals surface area contributed by atoms with E-state index in [1.165, 1.54) is 45.3 Å². The summed E-state index contributed by atoms with van der Waals surface area (Å²) in [5.41, 5.74) is 5.54. The third kappa shape index (κ3) is 5.60. The van der Waals surface area contributed by atoms with Gasteiger partial charge in [0.1, 0.15) is 0 Å². The van der Waals surface area contributed by atoms with Crippen LogP contribution in [0.15, 0.2) is 60.7 Å². The number of rotatable bonds is 12. The van der Waals surface area contributed by atoms with E-state index >= 15 is 0 Å². The van der Waals surface area contributed by atoms with Crippen LogP contribution in [0.3, 0.4) is 0 Å². The van der Waals surface area contributed by atoms with Crippen molar-refractivity contribution in [3.8, 4) is 0 Å². The Morgan fingerprint density at radius 1 is 0.677 bits per heavy atom. The van der Waals surface area contributed by atoms with Crippen LogP contribution in [-0.2, 0) is 0 Å². The predicted octanol–water partition coefficient (Wildman–Crippen LogP) is 7.41. The Hall–Kier alpha value is -0.330. The van der Waals surface area contributed by atoms with Gasteiger partial charge in [-0.3, -0.25) is 0 Å². The van der Waals surface area contributed by atoms with Crippen molar-refractivity contribution < 1.29 is 0 Å². The first-order valence-corrected chi connectivity index (χ1v) is 15.4. The van der Waals surface area contributed by atoms with E-state index in [1.807, 2.05) is 11.8 Å². The van der Waals surface area contributed by atoms with E-state index in [1.54, 1.807) is 0 Å². The molecule has 0 N–H and O–H groups in total. The zero-order chi connectivity index (χ0) is 21.5. The van der Waals surface area contributed by atoms with E-state index in [-0.39, 0.29) is 4.75 Å². The second-order valence-corrected chi connectivity index (χ2v) is 12.8. The smallest absolute Gasteiger partial charge is 0.0426 e. The number of thiol groups is 2. The lowest BCUT2D eigenvalue weighted by atomic mass is 9.77. The Morgan fingerprint density at radius 3 is 1.71 bits per heavy atom. The van der Waals surface area contributed by atoms with Gasteiger partial charge < -0.3 is 0 Å². The summed E-state index contributed by atoms with van der Waals surface area (Å²) < 4.78 is -0.149. The fourth-order valence-electron chi connectivity index (χ4n) is 4.48. The highest BCUT2D eigenvalue weighted by molar-refractivity contribution is 8.04. The van der Waals surface area contributed by atoms with Crippen molar-refractivity contribution in [2.24, 2.45) is 0 Å². The number of allylic oxidation sites excluding steroid dienone is 2. The molecule has 0 fully saturated rings. The molecule has 0 radical (unpaired) electrons. The summed E-state index contributed by atoms with van der Waals surface area (Å²) in [5.74, 6) is 8.70. The number of thioether (sulfide) groups is 3. The van der Waals surface area contributed by atoms with E-state index in [4.69, 9.17) is 12.6 Å². The Balaban J connectivity index is 1.44. The highest BCUT2D eigenvalue weighted by atomic mass is 32.2. The highest BCUT2D eigenvalue weighted by Crippen LogP contribution is 2.53. The van der Waals surface area contributed by atoms with Gasteiger partial charge in [0.25, 0.3) is 0 Å². The van der Waals surface area contributed by atoms with Crippen LogP contribution in [0.1, 0.15) is 34.1 Å².